The van der Waals surface area contributed by atoms with Gasteiger partial charge in [-0.25, -0.2) is 0 Å². The number of benzene rings is 1. The molecular formula is C25H30N4O3. The van der Waals surface area contributed by atoms with Crippen molar-refractivity contribution in [3.63, 3.8) is 0 Å². The van der Waals surface area contributed by atoms with Gasteiger partial charge in [-0.3, -0.25) is 14.5 Å². The molecular weight excluding hydrogens is 404 g/mol. The Labute approximate surface area is 188 Å². The van der Waals surface area contributed by atoms with E-state index < -0.39 is 0 Å². The maximum atomic E-state index is 12.7. The first-order valence-corrected chi connectivity index (χ1v) is 11.1. The minimum atomic E-state index is 0.0268. The number of hydrogen-bond acceptors (Lipinski definition) is 5. The average molecular weight is 435 g/mol. The number of carbonyl (C=O) groups is 1. The van der Waals surface area contributed by atoms with Gasteiger partial charge < -0.3 is 14.8 Å². The smallest absolute Gasteiger partial charge is 0.223 e. The van der Waals surface area contributed by atoms with Gasteiger partial charge in [-0.15, -0.1) is 0 Å². The first-order valence-electron chi connectivity index (χ1n) is 11.1. The molecule has 2 heterocycles. The molecule has 0 bridgehead atoms. The number of nitrogens with one attached hydrogen (secondary N) is 1. The molecule has 2 atom stereocenters. The van der Waals surface area contributed by atoms with E-state index in [1.54, 1.807) is 20.4 Å². The molecule has 1 saturated carbocycles. The fraction of sp³-hybridized carbons (Fsp3) is 0.400. The van der Waals surface area contributed by atoms with Gasteiger partial charge >= 0.3 is 0 Å². The lowest BCUT2D eigenvalue weighted by molar-refractivity contribution is -0.127. The van der Waals surface area contributed by atoms with Gasteiger partial charge in [0.1, 0.15) is 5.75 Å². The SMILES string of the molecule is COc1ccc(-c2cc(-c3cccnc3)n(CCNC(=O)[C@@H]3CCC[C@H](OC)C3)n2)cc1. The summed E-state index contributed by atoms with van der Waals surface area (Å²) in [6.45, 7) is 1.09. The summed E-state index contributed by atoms with van der Waals surface area (Å²) in [6, 6.07) is 13.8. The molecule has 168 valence electrons. The highest BCUT2D eigenvalue weighted by molar-refractivity contribution is 5.78. The van der Waals surface area contributed by atoms with E-state index >= 15 is 0 Å². The molecule has 32 heavy (non-hydrogen) atoms. The highest BCUT2D eigenvalue weighted by Crippen LogP contribution is 2.28. The molecule has 0 aliphatic heterocycles. The zero-order chi connectivity index (χ0) is 22.3. The monoisotopic (exact) mass is 434 g/mol. The third-order valence-electron chi connectivity index (χ3n) is 6.08. The summed E-state index contributed by atoms with van der Waals surface area (Å²) in [5.74, 6) is 0.943. The van der Waals surface area contributed by atoms with Crippen LogP contribution in [0, 0.1) is 5.92 Å². The van der Waals surface area contributed by atoms with Gasteiger partial charge in [0.15, 0.2) is 0 Å². The number of rotatable bonds is 8. The molecule has 3 aromatic rings. The van der Waals surface area contributed by atoms with Crippen LogP contribution in [0.2, 0.25) is 0 Å². The molecule has 4 rings (SSSR count). The third kappa shape index (κ3) is 5.16. The summed E-state index contributed by atoms with van der Waals surface area (Å²) < 4.78 is 12.7. The summed E-state index contributed by atoms with van der Waals surface area (Å²) >= 11 is 0. The molecule has 1 amide bonds. The van der Waals surface area contributed by atoms with Crippen LogP contribution in [-0.2, 0) is 16.1 Å². The van der Waals surface area contributed by atoms with Crippen molar-refractivity contribution in [2.45, 2.75) is 38.3 Å². The predicted molar refractivity (Wildman–Crippen MR) is 123 cm³/mol. The minimum absolute atomic E-state index is 0.0268. The van der Waals surface area contributed by atoms with Gasteiger partial charge in [-0.05, 0) is 61.7 Å². The Kier molecular flexibility index (Phi) is 7.17. The fourth-order valence-electron chi connectivity index (χ4n) is 4.26. The summed E-state index contributed by atoms with van der Waals surface area (Å²) in [4.78, 5) is 16.9. The normalized spacial score (nSPS) is 18.3. The third-order valence-corrected chi connectivity index (χ3v) is 6.08. The molecule has 1 aliphatic rings. The highest BCUT2D eigenvalue weighted by Gasteiger charge is 2.27. The standard InChI is InChI=1S/C25H30N4O3/c1-31-21-10-8-18(9-11-21)23-16-24(20-6-4-12-26-17-20)29(28-23)14-13-27-25(30)19-5-3-7-22(15-19)32-2/h4,6,8-12,16-17,19,22H,3,5,7,13-15H2,1-2H3,(H,27,30)/t19-,22+/m1/s1. The zero-order valence-electron chi connectivity index (χ0n) is 18.7. The van der Waals surface area contributed by atoms with Gasteiger partial charge in [0, 0.05) is 43.1 Å². The van der Waals surface area contributed by atoms with Crippen LogP contribution in [0.4, 0.5) is 0 Å². The lowest BCUT2D eigenvalue weighted by atomic mass is 9.86. The van der Waals surface area contributed by atoms with E-state index in [9.17, 15) is 4.79 Å². The Hall–Kier alpha value is -3.19. The minimum Gasteiger partial charge on any atom is -0.497 e. The van der Waals surface area contributed by atoms with Crippen LogP contribution in [0.5, 0.6) is 5.75 Å². The Morgan fingerprint density at radius 2 is 2.00 bits per heavy atom. The van der Waals surface area contributed by atoms with Crippen LogP contribution in [0.1, 0.15) is 25.7 Å². The van der Waals surface area contributed by atoms with Crippen molar-refractivity contribution in [1.29, 1.82) is 0 Å². The number of methoxy groups -OCH3 is 2. The van der Waals surface area contributed by atoms with E-state index in [0.29, 0.717) is 13.1 Å². The second-order valence-corrected chi connectivity index (χ2v) is 8.12. The van der Waals surface area contributed by atoms with E-state index in [2.05, 4.69) is 16.4 Å². The van der Waals surface area contributed by atoms with Gasteiger partial charge in [-0.2, -0.15) is 5.10 Å². The quantitative estimate of drug-likeness (QED) is 0.581. The lowest BCUT2D eigenvalue weighted by Crippen LogP contribution is -2.37. The second-order valence-electron chi connectivity index (χ2n) is 8.12. The Balaban J connectivity index is 1.48. The van der Waals surface area contributed by atoms with Crippen LogP contribution in [0.3, 0.4) is 0 Å². The molecule has 2 aromatic heterocycles. The van der Waals surface area contributed by atoms with Crippen molar-refractivity contribution >= 4 is 5.91 Å². The van der Waals surface area contributed by atoms with Gasteiger partial charge in [-0.1, -0.05) is 6.42 Å². The predicted octanol–water partition coefficient (Wildman–Crippen LogP) is 3.94. The first-order chi connectivity index (χ1) is 15.7. The molecule has 7 nitrogen and oxygen atoms in total. The number of hydrogen-bond donors (Lipinski definition) is 1. The zero-order valence-corrected chi connectivity index (χ0v) is 18.7. The Morgan fingerprint density at radius 3 is 2.72 bits per heavy atom. The highest BCUT2D eigenvalue weighted by atomic mass is 16.5. The maximum absolute atomic E-state index is 12.7. The summed E-state index contributed by atoms with van der Waals surface area (Å²) in [5.41, 5.74) is 3.83. The van der Waals surface area contributed by atoms with E-state index in [1.807, 2.05) is 47.3 Å². The van der Waals surface area contributed by atoms with E-state index in [4.69, 9.17) is 14.6 Å². The molecule has 1 aromatic carbocycles. The number of carbonyl (C=O) groups excluding carboxylic acids is 1. The van der Waals surface area contributed by atoms with Crippen LogP contribution in [0.25, 0.3) is 22.5 Å². The molecule has 7 heteroatoms. The molecule has 0 spiro atoms. The fourth-order valence-corrected chi connectivity index (χ4v) is 4.26. The van der Waals surface area contributed by atoms with Crippen LogP contribution < -0.4 is 10.1 Å². The molecule has 1 aliphatic carbocycles. The van der Waals surface area contributed by atoms with Gasteiger partial charge in [0.25, 0.3) is 0 Å². The lowest BCUT2D eigenvalue weighted by Gasteiger charge is -2.27. The number of ether oxygens (including phenoxy) is 2. The number of pyridine rings is 1. The Bertz CT molecular complexity index is 1020. The largest absolute Gasteiger partial charge is 0.497 e. The van der Waals surface area contributed by atoms with Crippen molar-refractivity contribution in [1.82, 2.24) is 20.1 Å². The van der Waals surface area contributed by atoms with E-state index in [-0.39, 0.29) is 17.9 Å². The second kappa shape index (κ2) is 10.4. The summed E-state index contributed by atoms with van der Waals surface area (Å²) in [5, 5.41) is 7.92. The summed E-state index contributed by atoms with van der Waals surface area (Å²) in [7, 11) is 3.38. The number of amides is 1. The van der Waals surface area contributed by atoms with Gasteiger partial charge in [0.2, 0.25) is 5.91 Å². The molecule has 0 unspecified atom stereocenters. The summed E-state index contributed by atoms with van der Waals surface area (Å²) in [6.07, 6.45) is 7.57. The Morgan fingerprint density at radius 1 is 1.16 bits per heavy atom. The van der Waals surface area contributed by atoms with Crippen LogP contribution >= 0.6 is 0 Å². The van der Waals surface area contributed by atoms with Crippen molar-refractivity contribution < 1.29 is 14.3 Å². The molecule has 1 fully saturated rings. The van der Waals surface area contributed by atoms with Crippen molar-refractivity contribution in [2.75, 3.05) is 20.8 Å². The van der Waals surface area contributed by atoms with Crippen LogP contribution in [-0.4, -0.2) is 47.5 Å². The van der Waals surface area contributed by atoms with Gasteiger partial charge in [0.05, 0.1) is 31.1 Å². The molecule has 0 radical (unpaired) electrons. The average Bonchev–Trinajstić information content (AvgIpc) is 3.28. The van der Waals surface area contributed by atoms with Crippen molar-refractivity contribution in [3.8, 4) is 28.3 Å². The van der Waals surface area contributed by atoms with E-state index in [0.717, 1.165) is 53.9 Å². The molecule has 1 N–H and O–H groups in total. The first kappa shape index (κ1) is 22.0. The number of nitrogens with zero attached hydrogens (tertiary/aromatic N) is 3. The topological polar surface area (TPSA) is 78.3 Å². The van der Waals surface area contributed by atoms with Crippen molar-refractivity contribution in [2.24, 2.45) is 5.92 Å². The van der Waals surface area contributed by atoms with Crippen molar-refractivity contribution in [3.05, 3.63) is 54.9 Å². The molecule has 0 saturated heterocycles. The maximum Gasteiger partial charge on any atom is 0.223 e. The number of aromatic nitrogens is 3. The van der Waals surface area contributed by atoms with E-state index in [1.165, 1.54) is 0 Å². The van der Waals surface area contributed by atoms with Crippen LogP contribution in [0.15, 0.2) is 54.9 Å².